The molecule has 0 spiro atoms. The summed E-state index contributed by atoms with van der Waals surface area (Å²) >= 11 is 0. The Morgan fingerprint density at radius 1 is 0.765 bits per heavy atom. The minimum absolute atomic E-state index is 0.227. The number of hydrogen-bond acceptors (Lipinski definition) is 3. The highest BCUT2D eigenvalue weighted by atomic mass is 32.2. The molecule has 2 aliphatic rings. The zero-order valence-corrected chi connectivity index (χ0v) is 21.2. The summed E-state index contributed by atoms with van der Waals surface area (Å²) in [5.74, 6) is 0.361. The molecule has 0 aromatic heterocycles. The van der Waals surface area contributed by atoms with Crippen molar-refractivity contribution in [3.05, 3.63) is 89.0 Å². The Kier molecular flexibility index (Phi) is 6.36. The molecule has 2 fully saturated rings. The summed E-state index contributed by atoms with van der Waals surface area (Å²) in [5.41, 5.74) is 7.27. The zero-order valence-electron chi connectivity index (χ0n) is 20.4. The van der Waals surface area contributed by atoms with Crippen molar-refractivity contribution in [2.45, 2.75) is 50.5 Å². The van der Waals surface area contributed by atoms with E-state index < -0.39 is 10.0 Å². The van der Waals surface area contributed by atoms with E-state index >= 15 is 0 Å². The van der Waals surface area contributed by atoms with Gasteiger partial charge < -0.3 is 0 Å². The Morgan fingerprint density at radius 2 is 1.47 bits per heavy atom. The van der Waals surface area contributed by atoms with Gasteiger partial charge >= 0.3 is 0 Å². The summed E-state index contributed by atoms with van der Waals surface area (Å²) in [5, 5.41) is 0. The molecule has 3 aromatic rings. The lowest BCUT2D eigenvalue weighted by atomic mass is 9.81. The van der Waals surface area contributed by atoms with Crippen molar-refractivity contribution in [1.29, 1.82) is 0 Å². The summed E-state index contributed by atoms with van der Waals surface area (Å²) in [6.45, 7) is 9.43. The van der Waals surface area contributed by atoms with Crippen molar-refractivity contribution in [1.82, 2.24) is 9.21 Å². The molecule has 2 heterocycles. The van der Waals surface area contributed by atoms with Gasteiger partial charge in [0.25, 0.3) is 0 Å². The molecule has 5 heteroatoms. The second-order valence-corrected chi connectivity index (χ2v) is 11.8. The van der Waals surface area contributed by atoms with Gasteiger partial charge in [0.15, 0.2) is 0 Å². The number of rotatable bonds is 4. The smallest absolute Gasteiger partial charge is 0.243 e. The molecule has 0 saturated carbocycles. The highest BCUT2D eigenvalue weighted by Gasteiger charge is 2.43. The number of sulfonamides is 1. The average Bonchev–Trinajstić information content (AvgIpc) is 2.81. The van der Waals surface area contributed by atoms with Crippen molar-refractivity contribution < 1.29 is 8.42 Å². The van der Waals surface area contributed by atoms with Crippen LogP contribution in [-0.2, 0) is 10.0 Å². The highest BCUT2D eigenvalue weighted by molar-refractivity contribution is 7.89. The molecule has 178 valence electrons. The zero-order chi connectivity index (χ0) is 23.9. The van der Waals surface area contributed by atoms with E-state index in [0.29, 0.717) is 23.9 Å². The topological polar surface area (TPSA) is 40.6 Å². The van der Waals surface area contributed by atoms with Crippen LogP contribution >= 0.6 is 0 Å². The van der Waals surface area contributed by atoms with Crippen molar-refractivity contribution >= 4 is 10.0 Å². The van der Waals surface area contributed by atoms with Crippen LogP contribution in [0.2, 0.25) is 0 Å². The largest absolute Gasteiger partial charge is 0.298 e. The van der Waals surface area contributed by atoms with E-state index in [4.69, 9.17) is 0 Å². The standard InChI is InChI=1S/C29H34N2O2S/c1-21-10-8-11-26(23(21)3)24-13-15-25(16-14-24)27-19-30-17-6-7-18-31(20-28(27)30)34(32,33)29-12-5-4-9-22(29)2/h4-5,8-16,27-28H,6-7,17-20H2,1-3H3/t27?,28-/m1/s1. The van der Waals surface area contributed by atoms with Gasteiger partial charge in [0.05, 0.1) is 4.90 Å². The van der Waals surface area contributed by atoms with E-state index in [1.54, 1.807) is 10.4 Å². The third kappa shape index (κ3) is 4.21. The normalized spacial score (nSPS) is 21.9. The second kappa shape index (κ2) is 9.29. The fraction of sp³-hybridized carbons (Fsp3) is 0.379. The van der Waals surface area contributed by atoms with E-state index in [0.717, 1.165) is 31.5 Å². The molecule has 0 aliphatic carbocycles. The van der Waals surface area contributed by atoms with Crippen LogP contribution in [0.3, 0.4) is 0 Å². The first-order valence-electron chi connectivity index (χ1n) is 12.3. The molecule has 0 amide bonds. The van der Waals surface area contributed by atoms with Crippen LogP contribution in [0.4, 0.5) is 0 Å². The van der Waals surface area contributed by atoms with Gasteiger partial charge in [-0.3, -0.25) is 4.90 Å². The minimum Gasteiger partial charge on any atom is -0.298 e. The van der Waals surface area contributed by atoms with Crippen molar-refractivity contribution in [3.63, 3.8) is 0 Å². The summed E-state index contributed by atoms with van der Waals surface area (Å²) in [7, 11) is -3.51. The number of fused-ring (bicyclic) bond motifs is 1. The summed E-state index contributed by atoms with van der Waals surface area (Å²) < 4.78 is 28.9. The number of aryl methyl sites for hydroxylation is 2. The van der Waals surface area contributed by atoms with E-state index in [1.165, 1.54) is 27.8 Å². The predicted molar refractivity (Wildman–Crippen MR) is 139 cm³/mol. The Morgan fingerprint density at radius 3 is 2.24 bits per heavy atom. The van der Waals surface area contributed by atoms with Gasteiger partial charge in [-0.1, -0.05) is 60.7 Å². The van der Waals surface area contributed by atoms with Crippen LogP contribution in [0, 0.1) is 20.8 Å². The molecule has 1 unspecified atom stereocenters. The SMILES string of the molecule is Cc1ccccc1S(=O)(=O)N1CCCCN2CC(c3ccc(-c4cccc(C)c4C)cc3)[C@H]2C1. The fourth-order valence-corrected chi connectivity index (χ4v) is 7.26. The molecule has 34 heavy (non-hydrogen) atoms. The van der Waals surface area contributed by atoms with E-state index in [9.17, 15) is 8.42 Å². The van der Waals surface area contributed by atoms with Crippen LogP contribution in [0.25, 0.3) is 11.1 Å². The van der Waals surface area contributed by atoms with Crippen LogP contribution in [0.1, 0.15) is 41.0 Å². The predicted octanol–water partition coefficient (Wildman–Crippen LogP) is 5.53. The first-order chi connectivity index (χ1) is 16.4. The van der Waals surface area contributed by atoms with Gasteiger partial charge in [-0.05, 0) is 79.6 Å². The molecule has 2 aliphatic heterocycles. The maximum absolute atomic E-state index is 13.6. The minimum atomic E-state index is -3.51. The van der Waals surface area contributed by atoms with Crippen LogP contribution < -0.4 is 0 Å². The second-order valence-electron chi connectivity index (χ2n) is 9.87. The molecule has 0 bridgehead atoms. The monoisotopic (exact) mass is 474 g/mol. The fourth-order valence-electron chi connectivity index (χ4n) is 5.53. The van der Waals surface area contributed by atoms with Crippen LogP contribution in [0.5, 0.6) is 0 Å². The number of hydrogen-bond donors (Lipinski definition) is 0. The average molecular weight is 475 g/mol. The van der Waals surface area contributed by atoms with Gasteiger partial charge in [0.1, 0.15) is 0 Å². The van der Waals surface area contributed by atoms with Gasteiger partial charge in [-0.15, -0.1) is 0 Å². The Hall–Kier alpha value is -2.47. The lowest BCUT2D eigenvalue weighted by Gasteiger charge is -2.51. The molecule has 0 N–H and O–H groups in total. The molecular weight excluding hydrogens is 440 g/mol. The third-order valence-corrected chi connectivity index (χ3v) is 9.85. The third-order valence-electron chi connectivity index (χ3n) is 7.82. The van der Waals surface area contributed by atoms with Crippen LogP contribution in [-0.4, -0.2) is 49.8 Å². The Bertz CT molecular complexity index is 1280. The molecule has 0 radical (unpaired) electrons. The van der Waals surface area contributed by atoms with Gasteiger partial charge in [0.2, 0.25) is 10.0 Å². The number of nitrogens with zero attached hydrogens (tertiary/aromatic N) is 2. The Balaban J connectivity index is 1.39. The van der Waals surface area contributed by atoms with Gasteiger partial charge in [-0.2, -0.15) is 4.31 Å². The van der Waals surface area contributed by atoms with Gasteiger partial charge in [-0.25, -0.2) is 8.42 Å². The van der Waals surface area contributed by atoms with Gasteiger partial charge in [0, 0.05) is 31.6 Å². The lowest BCUT2D eigenvalue weighted by molar-refractivity contribution is 0.0347. The van der Waals surface area contributed by atoms with Crippen molar-refractivity contribution in [2.75, 3.05) is 26.2 Å². The first-order valence-corrected chi connectivity index (χ1v) is 13.8. The maximum Gasteiger partial charge on any atom is 0.243 e. The van der Waals surface area contributed by atoms with Crippen molar-refractivity contribution in [2.24, 2.45) is 0 Å². The molecule has 4 nitrogen and oxygen atoms in total. The number of benzene rings is 3. The molecule has 2 atom stereocenters. The van der Waals surface area contributed by atoms with E-state index in [-0.39, 0.29) is 6.04 Å². The van der Waals surface area contributed by atoms with E-state index in [1.807, 2.05) is 25.1 Å². The molecule has 3 aromatic carbocycles. The lowest BCUT2D eigenvalue weighted by Crippen LogP contribution is -2.60. The summed E-state index contributed by atoms with van der Waals surface area (Å²) in [6, 6.07) is 23.0. The van der Waals surface area contributed by atoms with Crippen LogP contribution in [0.15, 0.2) is 71.6 Å². The van der Waals surface area contributed by atoms with Crippen molar-refractivity contribution in [3.8, 4) is 11.1 Å². The Labute approximate surface area is 204 Å². The summed E-state index contributed by atoms with van der Waals surface area (Å²) in [6.07, 6.45) is 1.94. The molecule has 2 saturated heterocycles. The first kappa shape index (κ1) is 23.3. The molecule has 5 rings (SSSR count). The summed E-state index contributed by atoms with van der Waals surface area (Å²) in [4.78, 5) is 2.92. The quantitative estimate of drug-likeness (QED) is 0.499. The van der Waals surface area contributed by atoms with E-state index in [2.05, 4.69) is 61.2 Å². The highest BCUT2D eigenvalue weighted by Crippen LogP contribution is 2.38. The molecular formula is C29H34N2O2S. The maximum atomic E-state index is 13.6.